The zero-order valence-corrected chi connectivity index (χ0v) is 46.3. The van der Waals surface area contributed by atoms with Gasteiger partial charge in [-0.3, -0.25) is 28.2 Å². The van der Waals surface area contributed by atoms with Crippen molar-refractivity contribution in [2.45, 2.75) is 205 Å². The van der Waals surface area contributed by atoms with Crippen LogP contribution in [0.5, 0.6) is 0 Å². The lowest BCUT2D eigenvalue weighted by Gasteiger charge is -2.59. The quantitative estimate of drug-likeness (QED) is 0.0599. The van der Waals surface area contributed by atoms with Crippen LogP contribution < -0.4 is 0 Å². The minimum atomic E-state index is -5.50. The molecular weight excluding hydrogens is 1010 g/mol. The van der Waals surface area contributed by atoms with Crippen LogP contribution in [0.3, 0.4) is 0 Å². The van der Waals surface area contributed by atoms with Crippen LogP contribution in [-0.4, -0.2) is 128 Å². The van der Waals surface area contributed by atoms with Gasteiger partial charge in [0.25, 0.3) is 0 Å². The van der Waals surface area contributed by atoms with Gasteiger partial charge in [-0.1, -0.05) is 13.8 Å². The molecule has 426 valence electrons. The molecule has 2 N–H and O–H groups in total. The topological polar surface area (TPSA) is 251 Å². The number of esters is 6. The van der Waals surface area contributed by atoms with Crippen molar-refractivity contribution in [2.24, 2.45) is 63.6 Å². The summed E-state index contributed by atoms with van der Waals surface area (Å²) in [7, 11) is -4.96. The summed E-state index contributed by atoms with van der Waals surface area (Å²) in [6.07, 6.45) is 1.40. The maximum absolute atomic E-state index is 15.5. The Morgan fingerprint density at radius 1 is 0.880 bits per heavy atom. The maximum atomic E-state index is 15.5. The van der Waals surface area contributed by atoms with Crippen molar-refractivity contribution in [1.82, 2.24) is 0 Å². The summed E-state index contributed by atoms with van der Waals surface area (Å²) in [5.74, 6) is -6.63. The van der Waals surface area contributed by atoms with Gasteiger partial charge in [-0.2, -0.15) is 17.2 Å². The Morgan fingerprint density at radius 3 is 2.09 bits per heavy atom. The number of hydrogen-bond acceptors (Lipinski definition) is 18. The molecule has 0 radical (unpaired) electrons. The molecule has 0 aromatic heterocycles. The Morgan fingerprint density at radius 2 is 1.55 bits per heavy atom. The number of hydrogen-bond donors (Lipinski definition) is 2. The van der Waals surface area contributed by atoms with Gasteiger partial charge < -0.3 is 43.4 Å². The third kappa shape index (κ3) is 12.8. The molecule has 8 fully saturated rings. The van der Waals surface area contributed by atoms with Crippen LogP contribution in [0.4, 0.5) is 8.78 Å². The first-order valence-corrected chi connectivity index (χ1v) is 28.4. The first-order valence-electron chi connectivity index (χ1n) is 27.0. The minimum Gasteiger partial charge on any atom is -0.463 e. The number of cyclic esters (lactones) is 1. The summed E-state index contributed by atoms with van der Waals surface area (Å²) in [5, 5.41) is 18.7. The van der Waals surface area contributed by atoms with E-state index >= 15 is 14.4 Å². The molecule has 75 heavy (non-hydrogen) atoms. The van der Waals surface area contributed by atoms with Crippen molar-refractivity contribution in [3.8, 4) is 0 Å². The van der Waals surface area contributed by atoms with Crippen molar-refractivity contribution in [3.63, 3.8) is 0 Å². The lowest BCUT2D eigenvalue weighted by molar-refractivity contribution is -0.228. The summed E-state index contributed by atoms with van der Waals surface area (Å²) in [5.41, 5.74) is -9.66. The second-order valence-corrected chi connectivity index (χ2v) is 28.0. The molecule has 0 aromatic carbocycles. The fraction of sp³-hybridized carbons (Fsp3) is 0.889. The van der Waals surface area contributed by atoms with E-state index in [0.29, 0.717) is 58.7 Å². The van der Waals surface area contributed by atoms with Crippen molar-refractivity contribution in [1.29, 1.82) is 0 Å². The van der Waals surface area contributed by atoms with Gasteiger partial charge in [0.1, 0.15) is 16.8 Å². The molecule has 8 aliphatic rings. The van der Waals surface area contributed by atoms with E-state index in [1.165, 1.54) is 27.7 Å². The maximum Gasteiger partial charge on any atom is 0.403 e. The molecule has 13 unspecified atom stereocenters. The number of carbonyl (C=O) groups is 6. The number of halogens is 2. The van der Waals surface area contributed by atoms with Gasteiger partial charge >= 0.3 is 51.2 Å². The van der Waals surface area contributed by atoms with Crippen molar-refractivity contribution in [3.05, 3.63) is 0 Å². The zero-order chi connectivity index (χ0) is 55.5. The lowest BCUT2D eigenvalue weighted by Crippen LogP contribution is -2.61. The van der Waals surface area contributed by atoms with Crippen LogP contribution >= 0.6 is 0 Å². The van der Waals surface area contributed by atoms with Gasteiger partial charge in [0.05, 0.1) is 67.2 Å². The van der Waals surface area contributed by atoms with Crippen LogP contribution in [0.25, 0.3) is 0 Å². The summed E-state index contributed by atoms with van der Waals surface area (Å²) < 4.78 is 98.3. The van der Waals surface area contributed by atoms with E-state index in [0.717, 1.165) is 12.8 Å². The predicted molar refractivity (Wildman–Crippen MR) is 261 cm³/mol. The van der Waals surface area contributed by atoms with Gasteiger partial charge in [-0.15, -0.1) is 0 Å². The van der Waals surface area contributed by atoms with E-state index < -0.39 is 127 Å². The fourth-order valence-electron chi connectivity index (χ4n) is 15.1. The molecule has 6 aliphatic carbocycles. The molecule has 0 spiro atoms. The first-order chi connectivity index (χ1) is 34.6. The number of ether oxygens (including phenoxy) is 7. The predicted octanol–water partition coefficient (Wildman–Crippen LogP) is 6.91. The average molecular weight is 1090 g/mol. The van der Waals surface area contributed by atoms with Crippen LogP contribution in [0.1, 0.15) is 165 Å². The van der Waals surface area contributed by atoms with Gasteiger partial charge in [-0.05, 0) is 167 Å². The van der Waals surface area contributed by atoms with E-state index in [9.17, 15) is 41.8 Å². The Kier molecular flexibility index (Phi) is 16.8. The monoisotopic (exact) mass is 1090 g/mol. The molecule has 18 nitrogen and oxygen atoms in total. The molecular formula is C54H82F2O18S. The molecule has 13 atom stereocenters. The number of fused-ring (bicyclic) bond motifs is 2. The SMILES string of the molecule is CCC1(OC(=O)C(CC2C(C)C3CC(C(O)CC(=O)OC(C)(C)C)C2C3)CC(C)(CC(C)(CC(C)(C)C(=O)OCC(F)(F)S(=O)(=O)OC)C(=O)OC23CC4CC(CC(O)(C4)C2)C3)C(=O)OC2CCOC2=O)CCOC1. The number of alkyl halides is 2. The highest BCUT2D eigenvalue weighted by Crippen LogP contribution is 2.61. The molecule has 6 bridgehead atoms. The lowest BCUT2D eigenvalue weighted by atomic mass is 9.52. The third-order valence-corrected chi connectivity index (χ3v) is 19.4. The minimum absolute atomic E-state index is 0.0240. The number of aliphatic hydroxyl groups excluding tert-OH is 1. The molecule has 6 saturated carbocycles. The van der Waals surface area contributed by atoms with E-state index in [1.807, 2.05) is 6.92 Å². The van der Waals surface area contributed by atoms with Crippen molar-refractivity contribution in [2.75, 3.05) is 33.5 Å². The summed E-state index contributed by atoms with van der Waals surface area (Å²) in [6, 6.07) is 0. The molecule has 8 rings (SSSR count). The van der Waals surface area contributed by atoms with E-state index in [4.69, 9.17) is 33.2 Å². The number of aliphatic hydroxyl groups is 2. The van der Waals surface area contributed by atoms with E-state index in [2.05, 4.69) is 11.1 Å². The van der Waals surface area contributed by atoms with Crippen molar-refractivity contribution >= 4 is 45.9 Å². The standard InChI is InChI=1S/C54H82F2O18S/c1-11-52(13-15-68-29-52)73-42(59)35(19-36-31(2)34-17-37(36)38(18-34)39(57)20-41(58)72-47(3,4)5)25-49(8,45(62)71-40-12-14-69-43(40)60)27-50(9,26-48(6,7)44(61)70-30-54(55,56)75(65,66)67-10)46(63)74-53-23-32-16-33(24-53)22-51(64,21-32)28-53/h31-40,57,64H,11-30H2,1-10H3. The highest BCUT2D eigenvalue weighted by molar-refractivity contribution is 7.87. The summed E-state index contributed by atoms with van der Waals surface area (Å²) in [6.45, 7) is 13.3. The smallest absolute Gasteiger partial charge is 0.403 e. The number of carbonyl (C=O) groups excluding carboxylic acids is 6. The van der Waals surface area contributed by atoms with Gasteiger partial charge in [0.2, 0.25) is 6.10 Å². The molecule has 0 amide bonds. The Hall–Kier alpha value is -3.53. The summed E-state index contributed by atoms with van der Waals surface area (Å²) >= 11 is 0. The largest absolute Gasteiger partial charge is 0.463 e. The molecule has 2 saturated heterocycles. The fourth-order valence-corrected chi connectivity index (χ4v) is 15.6. The highest BCUT2D eigenvalue weighted by atomic mass is 32.2. The Balaban J connectivity index is 1.27. The second-order valence-electron chi connectivity index (χ2n) is 26.1. The highest BCUT2D eigenvalue weighted by Gasteiger charge is 2.62. The zero-order valence-electron chi connectivity index (χ0n) is 45.5. The van der Waals surface area contributed by atoms with Gasteiger partial charge in [-0.25, -0.2) is 4.79 Å². The number of rotatable bonds is 23. The van der Waals surface area contributed by atoms with E-state index in [-0.39, 0.29) is 86.7 Å². The van der Waals surface area contributed by atoms with Crippen molar-refractivity contribution < 1.29 is 93.5 Å². The third-order valence-electron chi connectivity index (χ3n) is 18.1. The van der Waals surface area contributed by atoms with E-state index in [1.54, 1.807) is 20.8 Å². The Labute approximate surface area is 440 Å². The van der Waals surface area contributed by atoms with Crippen LogP contribution in [0, 0.1) is 63.6 Å². The normalized spacial score (nSPS) is 34.7. The Bertz CT molecular complexity index is 2280. The van der Waals surface area contributed by atoms with Crippen LogP contribution in [-0.2, 0) is 76.2 Å². The molecule has 2 aliphatic heterocycles. The molecule has 21 heteroatoms. The average Bonchev–Trinajstić information content (AvgIpc) is 4.09. The van der Waals surface area contributed by atoms with Gasteiger partial charge in [0.15, 0.2) is 6.61 Å². The van der Waals surface area contributed by atoms with Crippen LogP contribution in [0.2, 0.25) is 0 Å². The molecule has 0 aromatic rings. The summed E-state index contributed by atoms with van der Waals surface area (Å²) in [4.78, 5) is 85.8. The second kappa shape index (κ2) is 21.3. The van der Waals surface area contributed by atoms with Gasteiger partial charge in [0, 0.05) is 19.3 Å². The first kappa shape index (κ1) is 59.1. The molecule has 2 heterocycles. The van der Waals surface area contributed by atoms with Crippen LogP contribution in [0.15, 0.2) is 0 Å².